The van der Waals surface area contributed by atoms with E-state index in [4.69, 9.17) is 24.4 Å². The van der Waals surface area contributed by atoms with Gasteiger partial charge < -0.3 is 39.9 Å². The molecular formula is C45H55N9O6. The van der Waals surface area contributed by atoms with E-state index in [0.717, 1.165) is 57.8 Å². The predicted molar refractivity (Wildman–Crippen MR) is 227 cm³/mol. The van der Waals surface area contributed by atoms with Crippen LogP contribution in [0.2, 0.25) is 0 Å². The molecule has 0 unspecified atom stereocenters. The number of methoxy groups -OCH3 is 2. The zero-order chi connectivity index (χ0) is 42.8. The van der Waals surface area contributed by atoms with Crippen molar-refractivity contribution in [2.24, 2.45) is 23.7 Å². The highest BCUT2D eigenvalue weighted by Crippen LogP contribution is 2.38. The van der Waals surface area contributed by atoms with Gasteiger partial charge >= 0.3 is 12.2 Å². The Morgan fingerprint density at radius 1 is 0.650 bits per heavy atom. The summed E-state index contributed by atoms with van der Waals surface area (Å²) in [6, 6.07) is 18.5. The van der Waals surface area contributed by atoms with Crippen molar-refractivity contribution in [3.05, 3.63) is 78.5 Å². The normalized spacial score (nSPS) is 20.1. The molecule has 0 radical (unpaired) electrons. The maximum atomic E-state index is 13.8. The number of rotatable bonds is 11. The van der Waals surface area contributed by atoms with Crippen molar-refractivity contribution < 1.29 is 28.7 Å². The highest BCUT2D eigenvalue weighted by atomic mass is 16.5. The lowest BCUT2D eigenvalue weighted by Crippen LogP contribution is -2.51. The standard InChI is InChI=1S/C45H55N9O6/c1-24(2)37(50-44(57)59-7)42(55)53-22-26(5)19-35(53)40-46-21-34(49-40)31-15-11-29(12-16-31)28-9-13-30(14-10-28)32-17-18-33-39(47-32)52-41(48-33)36-20-27(6)23-54(36)43(56)38(25(3)4)51-45(58)60-8/h9-18,21,24-27,35-38H,19-20,22-23H2,1-8H3,(H,46,49)(H,50,57)(H,51,58)(H,47,48,52)/t26-,27-,35-,36-,37-,38-/m0/s1. The highest BCUT2D eigenvalue weighted by Gasteiger charge is 2.41. The minimum absolute atomic E-state index is 0.116. The summed E-state index contributed by atoms with van der Waals surface area (Å²) in [6.45, 7) is 13.0. The second kappa shape index (κ2) is 17.5. The lowest BCUT2D eigenvalue weighted by Gasteiger charge is -2.30. The number of alkyl carbamates (subject to hydrolysis) is 2. The summed E-state index contributed by atoms with van der Waals surface area (Å²) in [5, 5.41) is 5.42. The van der Waals surface area contributed by atoms with Crippen molar-refractivity contribution in [2.45, 2.75) is 78.6 Å². The van der Waals surface area contributed by atoms with Crippen molar-refractivity contribution >= 4 is 35.2 Å². The molecule has 4 amide bonds. The number of hydrogen-bond acceptors (Lipinski definition) is 9. The summed E-state index contributed by atoms with van der Waals surface area (Å²) in [5.41, 5.74) is 7.01. The molecule has 316 valence electrons. The van der Waals surface area contributed by atoms with Crippen LogP contribution >= 0.6 is 0 Å². The Morgan fingerprint density at radius 2 is 1.13 bits per heavy atom. The van der Waals surface area contributed by atoms with Crippen molar-refractivity contribution in [2.75, 3.05) is 27.3 Å². The lowest BCUT2D eigenvalue weighted by molar-refractivity contribution is -0.136. The van der Waals surface area contributed by atoms with Crippen LogP contribution in [0.4, 0.5) is 9.59 Å². The number of benzene rings is 2. The Hall–Kier alpha value is -6.25. The molecule has 0 saturated carbocycles. The van der Waals surface area contributed by atoms with Crippen LogP contribution in [0, 0.1) is 23.7 Å². The molecule has 7 rings (SSSR count). The quantitative estimate of drug-likeness (QED) is 0.106. The molecule has 5 aromatic rings. The van der Waals surface area contributed by atoms with E-state index in [0.29, 0.717) is 24.6 Å². The number of nitrogens with zero attached hydrogens (tertiary/aromatic N) is 5. The fraction of sp³-hybridized carbons (Fsp3) is 0.444. The van der Waals surface area contributed by atoms with Crippen LogP contribution in [0.3, 0.4) is 0 Å². The SMILES string of the molecule is COC(=O)N[C@H](C(=O)N1C[C@@H](C)C[C@H]1c1ncc(-c2ccc(-c3ccc(-c4ccc5[nH]c([C@@H]6C[C@H](C)CN6C(=O)[C@@H](NC(=O)OC)C(C)C)nc5n4)cc3)cc2)[nH]1)C(C)C. The number of fused-ring (bicyclic) bond motifs is 1. The van der Waals surface area contributed by atoms with Gasteiger partial charge in [-0.3, -0.25) is 9.59 Å². The third-order valence-electron chi connectivity index (χ3n) is 11.7. The van der Waals surface area contributed by atoms with Gasteiger partial charge in [0.05, 0.1) is 49.4 Å². The first-order chi connectivity index (χ1) is 28.7. The van der Waals surface area contributed by atoms with E-state index < -0.39 is 24.3 Å². The molecule has 2 saturated heterocycles. The Kier molecular flexibility index (Phi) is 12.2. The monoisotopic (exact) mass is 817 g/mol. The zero-order valence-electron chi connectivity index (χ0n) is 35.5. The first-order valence-corrected chi connectivity index (χ1v) is 20.7. The van der Waals surface area contributed by atoms with Crippen LogP contribution in [-0.2, 0) is 19.1 Å². The number of pyridine rings is 1. The number of H-pyrrole nitrogens is 2. The average Bonchev–Trinajstić information content (AvgIpc) is 4.06. The Balaban J connectivity index is 1.03. The van der Waals surface area contributed by atoms with Gasteiger partial charge in [0, 0.05) is 18.7 Å². The van der Waals surface area contributed by atoms with Crippen LogP contribution in [0.5, 0.6) is 0 Å². The fourth-order valence-corrected chi connectivity index (χ4v) is 8.41. The first-order valence-electron chi connectivity index (χ1n) is 20.7. The molecule has 60 heavy (non-hydrogen) atoms. The first kappa shape index (κ1) is 41.9. The molecule has 2 aromatic carbocycles. The van der Waals surface area contributed by atoms with Gasteiger partial charge in [0.15, 0.2) is 5.65 Å². The number of aromatic nitrogens is 5. The smallest absolute Gasteiger partial charge is 0.407 e. The van der Waals surface area contributed by atoms with E-state index in [1.165, 1.54) is 14.2 Å². The van der Waals surface area contributed by atoms with Crippen molar-refractivity contribution in [1.29, 1.82) is 0 Å². The number of carbonyl (C=O) groups is 4. The van der Waals surface area contributed by atoms with Gasteiger partial charge in [-0.1, -0.05) is 90.1 Å². The van der Waals surface area contributed by atoms with Gasteiger partial charge in [-0.2, -0.15) is 0 Å². The maximum absolute atomic E-state index is 13.8. The molecule has 2 aliphatic rings. The molecule has 5 heterocycles. The van der Waals surface area contributed by atoms with Crippen LogP contribution in [-0.4, -0.2) is 98.1 Å². The molecule has 2 aliphatic heterocycles. The predicted octanol–water partition coefficient (Wildman–Crippen LogP) is 7.26. The maximum Gasteiger partial charge on any atom is 0.407 e. The molecule has 0 bridgehead atoms. The second-order valence-electron chi connectivity index (χ2n) is 16.9. The number of ether oxygens (including phenoxy) is 2. The van der Waals surface area contributed by atoms with Crippen molar-refractivity contribution in [3.63, 3.8) is 0 Å². The number of aromatic amines is 2. The number of likely N-dealkylation sites (tertiary alicyclic amines) is 2. The topological polar surface area (TPSA) is 188 Å². The Morgan fingerprint density at radius 3 is 1.63 bits per heavy atom. The van der Waals surface area contributed by atoms with Gasteiger partial charge in [-0.15, -0.1) is 0 Å². The molecule has 0 aliphatic carbocycles. The van der Waals surface area contributed by atoms with Crippen LogP contribution in [0.15, 0.2) is 66.9 Å². The molecule has 15 nitrogen and oxygen atoms in total. The van der Waals surface area contributed by atoms with Gasteiger partial charge in [0.25, 0.3) is 0 Å². The minimum atomic E-state index is -0.717. The molecule has 3 aromatic heterocycles. The molecule has 0 spiro atoms. The summed E-state index contributed by atoms with van der Waals surface area (Å²) in [7, 11) is 2.58. The van der Waals surface area contributed by atoms with Crippen LogP contribution < -0.4 is 10.6 Å². The molecule has 6 atom stereocenters. The van der Waals surface area contributed by atoms with E-state index in [-0.39, 0.29) is 47.6 Å². The number of imidazole rings is 2. The van der Waals surface area contributed by atoms with E-state index in [1.54, 1.807) is 6.20 Å². The van der Waals surface area contributed by atoms with Gasteiger partial charge in [0.2, 0.25) is 11.8 Å². The number of hydrogen-bond donors (Lipinski definition) is 4. The summed E-state index contributed by atoms with van der Waals surface area (Å²) in [5.74, 6) is 1.38. The van der Waals surface area contributed by atoms with E-state index >= 15 is 0 Å². The van der Waals surface area contributed by atoms with E-state index in [9.17, 15) is 19.2 Å². The molecular weight excluding hydrogens is 763 g/mol. The van der Waals surface area contributed by atoms with Crippen molar-refractivity contribution in [1.82, 2.24) is 45.4 Å². The number of carbonyl (C=O) groups excluding carboxylic acids is 4. The fourth-order valence-electron chi connectivity index (χ4n) is 8.41. The van der Waals surface area contributed by atoms with Gasteiger partial charge in [0.1, 0.15) is 23.7 Å². The number of amides is 4. The Bertz CT molecular complexity index is 2340. The third-order valence-corrected chi connectivity index (χ3v) is 11.7. The lowest BCUT2D eigenvalue weighted by atomic mass is 10.0. The minimum Gasteiger partial charge on any atom is -0.453 e. The summed E-state index contributed by atoms with van der Waals surface area (Å²) < 4.78 is 9.57. The van der Waals surface area contributed by atoms with E-state index in [2.05, 4.69) is 70.8 Å². The summed E-state index contributed by atoms with van der Waals surface area (Å²) in [6.07, 6.45) is 2.05. The largest absolute Gasteiger partial charge is 0.453 e. The molecule has 2 fully saturated rings. The molecule has 15 heteroatoms. The Labute approximate surface area is 350 Å². The summed E-state index contributed by atoms with van der Waals surface area (Å²) >= 11 is 0. The van der Waals surface area contributed by atoms with Gasteiger partial charge in [-0.25, -0.2) is 24.5 Å². The second-order valence-corrected chi connectivity index (χ2v) is 16.9. The third kappa shape index (κ3) is 8.70. The summed E-state index contributed by atoms with van der Waals surface area (Å²) in [4.78, 5) is 76.5. The van der Waals surface area contributed by atoms with E-state index in [1.807, 2.05) is 61.8 Å². The van der Waals surface area contributed by atoms with Crippen LogP contribution in [0.1, 0.15) is 78.1 Å². The number of nitrogens with one attached hydrogen (secondary N) is 4. The molecule has 4 N–H and O–H groups in total. The van der Waals surface area contributed by atoms with Crippen molar-refractivity contribution in [3.8, 4) is 33.6 Å². The van der Waals surface area contributed by atoms with Crippen LogP contribution in [0.25, 0.3) is 44.8 Å². The average molecular weight is 818 g/mol. The highest BCUT2D eigenvalue weighted by molar-refractivity contribution is 5.87. The zero-order valence-corrected chi connectivity index (χ0v) is 35.5. The van der Waals surface area contributed by atoms with Gasteiger partial charge in [-0.05, 0) is 65.3 Å².